The van der Waals surface area contributed by atoms with Crippen molar-refractivity contribution in [3.8, 4) is 0 Å². The van der Waals surface area contributed by atoms with Crippen LogP contribution in [0.3, 0.4) is 0 Å². The molecule has 0 aromatic carbocycles. The minimum absolute atomic E-state index is 0.00945. The van der Waals surface area contributed by atoms with Gasteiger partial charge in [0.15, 0.2) is 0 Å². The molecule has 0 fully saturated rings. The summed E-state index contributed by atoms with van der Waals surface area (Å²) < 4.78 is 5.50. The van der Waals surface area contributed by atoms with Crippen LogP contribution in [0.5, 0.6) is 0 Å². The number of unbranched alkanes of at least 4 members (excludes halogenated alkanes) is 55. The van der Waals surface area contributed by atoms with E-state index in [1.165, 1.54) is 334 Å². The van der Waals surface area contributed by atoms with Gasteiger partial charge in [-0.05, 0) is 57.8 Å². The molecule has 0 rings (SSSR count). The highest BCUT2D eigenvalue weighted by Crippen LogP contribution is 2.19. The van der Waals surface area contributed by atoms with E-state index < -0.39 is 12.1 Å². The maximum atomic E-state index is 12.5. The molecular formula is C73H141NO5. The molecule has 6 nitrogen and oxygen atoms in total. The fraction of sp³-hybridized carbons (Fsp3) is 0.918. The van der Waals surface area contributed by atoms with Crippen LogP contribution in [-0.2, 0) is 14.3 Å². The van der Waals surface area contributed by atoms with Gasteiger partial charge in [-0.15, -0.1) is 0 Å². The Morgan fingerprint density at radius 2 is 0.595 bits per heavy atom. The van der Waals surface area contributed by atoms with Gasteiger partial charge in [0.05, 0.1) is 25.4 Å². The zero-order valence-corrected chi connectivity index (χ0v) is 53.6. The summed E-state index contributed by atoms with van der Waals surface area (Å²) in [5, 5.41) is 23.3. The minimum atomic E-state index is -0.844. The number of ether oxygens (including phenoxy) is 1. The first-order valence-electron chi connectivity index (χ1n) is 36.1. The van der Waals surface area contributed by atoms with Crippen LogP contribution in [0.1, 0.15) is 406 Å². The molecule has 0 aliphatic carbocycles. The van der Waals surface area contributed by atoms with E-state index in [0.717, 1.165) is 44.9 Å². The number of esters is 1. The Hall–Kier alpha value is -1.66. The first kappa shape index (κ1) is 77.3. The van der Waals surface area contributed by atoms with Crippen LogP contribution in [-0.4, -0.2) is 47.4 Å². The summed E-state index contributed by atoms with van der Waals surface area (Å²) in [6.45, 7) is 4.94. The second-order valence-electron chi connectivity index (χ2n) is 24.9. The number of rotatable bonds is 68. The molecule has 0 saturated heterocycles. The molecule has 0 aliphatic rings. The molecule has 1 amide bonds. The van der Waals surface area contributed by atoms with Gasteiger partial charge in [0.25, 0.3) is 0 Å². The lowest BCUT2D eigenvalue weighted by Crippen LogP contribution is -2.45. The molecule has 6 heteroatoms. The third-order valence-electron chi connectivity index (χ3n) is 17.0. The Morgan fingerprint density at radius 1 is 0.342 bits per heavy atom. The van der Waals surface area contributed by atoms with E-state index in [1.807, 2.05) is 6.08 Å². The van der Waals surface area contributed by atoms with Gasteiger partial charge in [-0.3, -0.25) is 9.59 Å². The van der Waals surface area contributed by atoms with Gasteiger partial charge < -0.3 is 20.3 Å². The zero-order chi connectivity index (χ0) is 57.1. The fourth-order valence-corrected chi connectivity index (χ4v) is 11.5. The topological polar surface area (TPSA) is 95.9 Å². The Labute approximate surface area is 494 Å². The lowest BCUT2D eigenvalue weighted by Gasteiger charge is -2.20. The lowest BCUT2D eigenvalue weighted by atomic mass is 10.0. The Morgan fingerprint density at radius 3 is 0.899 bits per heavy atom. The molecule has 2 atom stereocenters. The van der Waals surface area contributed by atoms with Crippen molar-refractivity contribution in [2.24, 2.45) is 0 Å². The van der Waals surface area contributed by atoms with Gasteiger partial charge in [-0.2, -0.15) is 0 Å². The van der Waals surface area contributed by atoms with Crippen LogP contribution >= 0.6 is 0 Å². The van der Waals surface area contributed by atoms with Crippen molar-refractivity contribution in [1.29, 1.82) is 0 Å². The van der Waals surface area contributed by atoms with Crippen molar-refractivity contribution in [2.45, 2.75) is 418 Å². The standard InChI is InChI=1S/C73H141NO5/c1-3-5-7-9-11-13-15-17-19-21-22-28-31-34-37-41-45-49-53-57-61-65-71(76)70(69-75)74-72(77)66-62-58-54-50-46-42-38-35-32-29-26-24-23-25-27-30-33-36-40-44-48-52-56-60-64-68-79-73(78)67-63-59-55-51-47-43-39-20-18-16-14-12-10-8-6-4-2/h20,39,61,65,70-71,75-76H,3-19,21-38,40-60,62-64,66-69H2,1-2H3,(H,74,77)/b39-20-,65-61+. The number of aliphatic hydroxyl groups is 2. The molecule has 468 valence electrons. The summed E-state index contributed by atoms with van der Waals surface area (Å²) >= 11 is 0. The molecule has 2 unspecified atom stereocenters. The number of carbonyl (C=O) groups excluding carboxylic acids is 2. The van der Waals surface area contributed by atoms with E-state index in [0.29, 0.717) is 19.4 Å². The van der Waals surface area contributed by atoms with Gasteiger partial charge >= 0.3 is 5.97 Å². The smallest absolute Gasteiger partial charge is 0.305 e. The normalized spacial score (nSPS) is 12.6. The van der Waals surface area contributed by atoms with Gasteiger partial charge in [0.2, 0.25) is 5.91 Å². The van der Waals surface area contributed by atoms with E-state index in [1.54, 1.807) is 6.08 Å². The Bertz CT molecular complexity index is 1230. The van der Waals surface area contributed by atoms with Crippen molar-refractivity contribution in [3.63, 3.8) is 0 Å². The Balaban J connectivity index is 3.38. The first-order valence-corrected chi connectivity index (χ1v) is 36.1. The van der Waals surface area contributed by atoms with E-state index in [4.69, 9.17) is 4.74 Å². The zero-order valence-electron chi connectivity index (χ0n) is 53.6. The molecule has 0 aliphatic heterocycles. The molecule has 0 bridgehead atoms. The van der Waals surface area contributed by atoms with Crippen LogP contribution in [0.2, 0.25) is 0 Å². The molecule has 0 aromatic heterocycles. The molecule has 0 aromatic rings. The molecule has 0 radical (unpaired) electrons. The number of hydrogen-bond acceptors (Lipinski definition) is 5. The third kappa shape index (κ3) is 65.4. The highest BCUT2D eigenvalue weighted by atomic mass is 16.5. The fourth-order valence-electron chi connectivity index (χ4n) is 11.5. The maximum Gasteiger partial charge on any atom is 0.305 e. The van der Waals surface area contributed by atoms with Crippen LogP contribution in [0.15, 0.2) is 24.3 Å². The number of hydrogen-bond donors (Lipinski definition) is 3. The molecule has 0 saturated carbocycles. The summed E-state index contributed by atoms with van der Waals surface area (Å²) in [7, 11) is 0. The van der Waals surface area contributed by atoms with Gasteiger partial charge in [0.1, 0.15) is 0 Å². The lowest BCUT2D eigenvalue weighted by molar-refractivity contribution is -0.143. The van der Waals surface area contributed by atoms with Gasteiger partial charge in [-0.25, -0.2) is 0 Å². The molecular weight excluding hydrogens is 971 g/mol. The highest BCUT2D eigenvalue weighted by Gasteiger charge is 2.18. The number of carbonyl (C=O) groups is 2. The molecule has 79 heavy (non-hydrogen) atoms. The van der Waals surface area contributed by atoms with Gasteiger partial charge in [-0.1, -0.05) is 359 Å². The minimum Gasteiger partial charge on any atom is -0.466 e. The van der Waals surface area contributed by atoms with Crippen molar-refractivity contribution in [1.82, 2.24) is 5.32 Å². The number of nitrogens with one attached hydrogen (secondary N) is 1. The van der Waals surface area contributed by atoms with E-state index in [-0.39, 0.29) is 18.5 Å². The monoisotopic (exact) mass is 1110 g/mol. The maximum absolute atomic E-state index is 12.5. The van der Waals surface area contributed by atoms with E-state index in [9.17, 15) is 19.8 Å². The summed E-state index contributed by atoms with van der Waals surface area (Å²) in [6, 6.07) is -0.627. The van der Waals surface area contributed by atoms with Crippen molar-refractivity contribution in [2.75, 3.05) is 13.2 Å². The summed E-state index contributed by atoms with van der Waals surface area (Å²) in [5.41, 5.74) is 0. The predicted molar refractivity (Wildman–Crippen MR) is 347 cm³/mol. The number of allylic oxidation sites excluding steroid dienone is 3. The molecule has 3 N–H and O–H groups in total. The quantitative estimate of drug-likeness (QED) is 0.0320. The van der Waals surface area contributed by atoms with Crippen molar-refractivity contribution < 1.29 is 24.5 Å². The van der Waals surface area contributed by atoms with E-state index in [2.05, 4.69) is 31.3 Å². The average Bonchev–Trinajstić information content (AvgIpc) is 3.45. The first-order chi connectivity index (χ1) is 39.0. The summed E-state index contributed by atoms with van der Waals surface area (Å²) in [4.78, 5) is 24.6. The SMILES string of the molecule is CCCCCCCCC/C=C\CCCCCCCC(=O)OCCCCCCCCCCCCCCCCCCCCCCCCCCCC(=O)NC(CO)C(O)/C=C/CCCCCCCCCCCCCCCCCCCCC. The highest BCUT2D eigenvalue weighted by molar-refractivity contribution is 5.76. The number of amides is 1. The van der Waals surface area contributed by atoms with Crippen LogP contribution in [0, 0.1) is 0 Å². The van der Waals surface area contributed by atoms with Crippen molar-refractivity contribution >= 4 is 11.9 Å². The van der Waals surface area contributed by atoms with Crippen LogP contribution in [0.4, 0.5) is 0 Å². The largest absolute Gasteiger partial charge is 0.466 e. The average molecular weight is 1110 g/mol. The van der Waals surface area contributed by atoms with Crippen LogP contribution < -0.4 is 5.32 Å². The summed E-state index contributed by atoms with van der Waals surface area (Å²) in [5.74, 6) is -0.0526. The second-order valence-corrected chi connectivity index (χ2v) is 24.9. The van der Waals surface area contributed by atoms with Crippen LogP contribution in [0.25, 0.3) is 0 Å². The predicted octanol–water partition coefficient (Wildman–Crippen LogP) is 23.3. The van der Waals surface area contributed by atoms with Crippen molar-refractivity contribution in [3.05, 3.63) is 24.3 Å². The second kappa shape index (κ2) is 68.8. The van der Waals surface area contributed by atoms with Gasteiger partial charge in [0, 0.05) is 12.8 Å². The summed E-state index contributed by atoms with van der Waals surface area (Å²) in [6.07, 6.45) is 86.9. The van der Waals surface area contributed by atoms with E-state index >= 15 is 0 Å². The Kier molecular flexibility index (Phi) is 67.4. The third-order valence-corrected chi connectivity index (χ3v) is 17.0. The number of aliphatic hydroxyl groups excluding tert-OH is 2. The molecule has 0 heterocycles. The molecule has 0 spiro atoms.